The van der Waals surface area contributed by atoms with Gasteiger partial charge in [-0.05, 0) is 40.6 Å². The van der Waals surface area contributed by atoms with Crippen molar-refractivity contribution in [1.82, 2.24) is 5.32 Å². The van der Waals surface area contributed by atoms with Crippen LogP contribution in [0.5, 0.6) is 0 Å². The summed E-state index contributed by atoms with van der Waals surface area (Å²) in [6.45, 7) is 5.02. The monoisotopic (exact) mass is 317 g/mol. The van der Waals surface area contributed by atoms with Gasteiger partial charge in [0.2, 0.25) is 0 Å². The van der Waals surface area contributed by atoms with Crippen molar-refractivity contribution in [1.29, 1.82) is 0 Å². The molecular weight excluding hydrogens is 298 g/mol. The first-order valence-electron chi connectivity index (χ1n) is 6.16. The molecule has 1 aromatic rings. The molecule has 5 heteroatoms. The van der Waals surface area contributed by atoms with Gasteiger partial charge in [0.05, 0.1) is 5.56 Å². The Kier molecular flexibility index (Phi) is 6.43. The Hall–Kier alpha value is -0.810. The molecule has 0 spiro atoms. The fraction of sp³-hybridized carbons (Fsp3) is 0.615. The van der Waals surface area contributed by atoms with Gasteiger partial charge in [0.1, 0.15) is 6.26 Å². The van der Waals surface area contributed by atoms with E-state index in [1.54, 1.807) is 6.07 Å². The Balaban J connectivity index is 2.43. The molecule has 0 saturated carbocycles. The van der Waals surface area contributed by atoms with Crippen molar-refractivity contribution in [3.63, 3.8) is 0 Å². The first kappa shape index (κ1) is 15.2. The Morgan fingerprint density at radius 3 is 2.78 bits per heavy atom. The summed E-state index contributed by atoms with van der Waals surface area (Å²) in [4.78, 5) is 11.8. The average Bonchev–Trinajstić information content (AvgIpc) is 2.72. The third-order valence-electron chi connectivity index (χ3n) is 2.72. The van der Waals surface area contributed by atoms with E-state index in [0.717, 1.165) is 6.42 Å². The van der Waals surface area contributed by atoms with Crippen molar-refractivity contribution in [3.05, 3.63) is 22.6 Å². The second kappa shape index (κ2) is 7.59. The molecule has 0 bridgehead atoms. The maximum atomic E-state index is 11.8. The molecule has 0 aliphatic rings. The number of furan rings is 1. The van der Waals surface area contributed by atoms with Gasteiger partial charge in [0.15, 0.2) is 4.67 Å². The number of aliphatic hydroxyl groups excluding tert-OH is 1. The molecule has 102 valence electrons. The summed E-state index contributed by atoms with van der Waals surface area (Å²) in [5, 5.41) is 11.9. The molecule has 0 radical (unpaired) electrons. The van der Waals surface area contributed by atoms with Gasteiger partial charge in [-0.25, -0.2) is 0 Å². The third kappa shape index (κ3) is 5.23. The first-order valence-corrected chi connectivity index (χ1v) is 6.95. The van der Waals surface area contributed by atoms with Crippen LogP contribution in [0.1, 0.15) is 37.0 Å². The Labute approximate surface area is 116 Å². The molecule has 1 unspecified atom stereocenters. The van der Waals surface area contributed by atoms with Gasteiger partial charge in [0, 0.05) is 19.2 Å². The highest BCUT2D eigenvalue weighted by Gasteiger charge is 2.14. The van der Waals surface area contributed by atoms with Crippen molar-refractivity contribution < 1.29 is 14.3 Å². The molecule has 1 rings (SSSR count). The molecule has 18 heavy (non-hydrogen) atoms. The Bertz CT molecular complexity index is 376. The van der Waals surface area contributed by atoms with E-state index in [9.17, 15) is 4.79 Å². The van der Waals surface area contributed by atoms with Crippen molar-refractivity contribution >= 4 is 21.8 Å². The molecule has 1 heterocycles. The van der Waals surface area contributed by atoms with Crippen LogP contribution in [0.15, 0.2) is 21.4 Å². The number of aliphatic hydroxyl groups is 1. The van der Waals surface area contributed by atoms with Crippen LogP contribution in [0.25, 0.3) is 0 Å². The highest BCUT2D eigenvalue weighted by molar-refractivity contribution is 9.10. The van der Waals surface area contributed by atoms with E-state index in [1.807, 2.05) is 0 Å². The van der Waals surface area contributed by atoms with Crippen LogP contribution in [0, 0.1) is 11.8 Å². The smallest absolute Gasteiger partial charge is 0.254 e. The summed E-state index contributed by atoms with van der Waals surface area (Å²) in [6.07, 6.45) is 3.13. The summed E-state index contributed by atoms with van der Waals surface area (Å²) in [5.41, 5.74) is 0.508. The zero-order valence-electron chi connectivity index (χ0n) is 10.8. The van der Waals surface area contributed by atoms with Gasteiger partial charge < -0.3 is 14.8 Å². The van der Waals surface area contributed by atoms with E-state index in [4.69, 9.17) is 9.52 Å². The number of carbonyl (C=O) groups excluding carboxylic acids is 1. The maximum absolute atomic E-state index is 11.8. The molecule has 0 aliphatic heterocycles. The number of hydrogen-bond donors (Lipinski definition) is 2. The van der Waals surface area contributed by atoms with E-state index in [0.29, 0.717) is 35.0 Å². The zero-order chi connectivity index (χ0) is 13.5. The molecule has 2 N–H and O–H groups in total. The van der Waals surface area contributed by atoms with Crippen LogP contribution in [0.4, 0.5) is 0 Å². The largest absolute Gasteiger partial charge is 0.457 e. The lowest BCUT2D eigenvalue weighted by atomic mass is 9.94. The van der Waals surface area contributed by atoms with Gasteiger partial charge in [-0.15, -0.1) is 0 Å². The summed E-state index contributed by atoms with van der Waals surface area (Å²) in [5.74, 6) is 0.729. The molecule has 1 aromatic heterocycles. The minimum Gasteiger partial charge on any atom is -0.457 e. The lowest BCUT2D eigenvalue weighted by molar-refractivity contribution is 0.0940. The topological polar surface area (TPSA) is 62.5 Å². The lowest BCUT2D eigenvalue weighted by Crippen LogP contribution is -2.30. The fourth-order valence-corrected chi connectivity index (χ4v) is 2.26. The van der Waals surface area contributed by atoms with E-state index in [2.05, 4.69) is 35.1 Å². The third-order valence-corrected chi connectivity index (χ3v) is 3.14. The van der Waals surface area contributed by atoms with Gasteiger partial charge >= 0.3 is 0 Å². The van der Waals surface area contributed by atoms with Crippen LogP contribution in [0.2, 0.25) is 0 Å². The molecule has 0 aromatic carbocycles. The predicted molar refractivity (Wildman–Crippen MR) is 73.4 cm³/mol. The van der Waals surface area contributed by atoms with Crippen LogP contribution < -0.4 is 5.32 Å². The summed E-state index contributed by atoms with van der Waals surface area (Å²) in [7, 11) is 0. The van der Waals surface area contributed by atoms with Crippen LogP contribution in [-0.4, -0.2) is 24.2 Å². The number of amides is 1. The Morgan fingerprint density at radius 1 is 1.56 bits per heavy atom. The number of rotatable bonds is 7. The van der Waals surface area contributed by atoms with E-state index in [-0.39, 0.29) is 12.5 Å². The van der Waals surface area contributed by atoms with Gasteiger partial charge in [-0.1, -0.05) is 13.8 Å². The van der Waals surface area contributed by atoms with Crippen LogP contribution in [0.3, 0.4) is 0 Å². The minimum atomic E-state index is -0.142. The summed E-state index contributed by atoms with van der Waals surface area (Å²) < 4.78 is 5.56. The van der Waals surface area contributed by atoms with E-state index >= 15 is 0 Å². The molecule has 0 aliphatic carbocycles. The molecular formula is C13H20BrNO3. The highest BCUT2D eigenvalue weighted by Crippen LogP contribution is 2.16. The quantitative estimate of drug-likeness (QED) is 0.812. The van der Waals surface area contributed by atoms with Crippen molar-refractivity contribution in [2.75, 3.05) is 13.2 Å². The number of nitrogens with one attached hydrogen (secondary N) is 1. The summed E-state index contributed by atoms with van der Waals surface area (Å²) >= 11 is 3.16. The van der Waals surface area contributed by atoms with Gasteiger partial charge in [0.25, 0.3) is 5.91 Å². The van der Waals surface area contributed by atoms with Crippen molar-refractivity contribution in [3.8, 4) is 0 Å². The average molecular weight is 318 g/mol. The second-order valence-electron chi connectivity index (χ2n) is 4.86. The normalized spacial score (nSPS) is 12.7. The molecule has 1 amide bonds. The van der Waals surface area contributed by atoms with Crippen molar-refractivity contribution in [2.24, 2.45) is 11.8 Å². The van der Waals surface area contributed by atoms with Crippen LogP contribution in [-0.2, 0) is 0 Å². The molecule has 0 saturated heterocycles. The van der Waals surface area contributed by atoms with E-state index in [1.165, 1.54) is 6.26 Å². The fourth-order valence-electron chi connectivity index (χ4n) is 1.92. The second-order valence-corrected chi connectivity index (χ2v) is 5.64. The predicted octanol–water partition coefficient (Wildman–Crippen LogP) is 2.82. The number of carbonyl (C=O) groups is 1. The van der Waals surface area contributed by atoms with Gasteiger partial charge in [-0.2, -0.15) is 0 Å². The lowest BCUT2D eigenvalue weighted by Gasteiger charge is -2.18. The molecule has 0 fully saturated rings. The SMILES string of the molecule is CC(C)CC(CCO)CNC(=O)c1coc(Br)c1. The van der Waals surface area contributed by atoms with Gasteiger partial charge in [-0.3, -0.25) is 4.79 Å². The first-order chi connectivity index (χ1) is 8.52. The molecule has 1 atom stereocenters. The molecule has 4 nitrogen and oxygen atoms in total. The number of halogens is 1. The van der Waals surface area contributed by atoms with Crippen LogP contribution >= 0.6 is 15.9 Å². The zero-order valence-corrected chi connectivity index (χ0v) is 12.4. The number of hydrogen-bond acceptors (Lipinski definition) is 3. The standard InChI is InChI=1S/C13H20BrNO3/c1-9(2)5-10(3-4-16)7-15-13(17)11-6-12(14)18-8-11/h6,8-10,16H,3-5,7H2,1-2H3,(H,15,17). The van der Waals surface area contributed by atoms with Crippen molar-refractivity contribution in [2.45, 2.75) is 26.7 Å². The van der Waals surface area contributed by atoms with E-state index < -0.39 is 0 Å². The maximum Gasteiger partial charge on any atom is 0.254 e. The highest BCUT2D eigenvalue weighted by atomic mass is 79.9. The Morgan fingerprint density at radius 2 is 2.28 bits per heavy atom. The summed E-state index contributed by atoms with van der Waals surface area (Å²) in [6, 6.07) is 1.64. The minimum absolute atomic E-state index is 0.142.